The highest BCUT2D eigenvalue weighted by Gasteiger charge is 2.16. The number of benzene rings is 1. The van der Waals surface area contributed by atoms with E-state index < -0.39 is 0 Å². The number of nitrogens with zero attached hydrogens (tertiary/aromatic N) is 1. The van der Waals surface area contributed by atoms with Crippen LogP contribution in [0.5, 0.6) is 5.75 Å². The van der Waals surface area contributed by atoms with Crippen LogP contribution >= 0.6 is 22.6 Å². The molecule has 0 spiro atoms. The lowest BCUT2D eigenvalue weighted by Crippen LogP contribution is -2.20. The fraction of sp³-hybridized carbons (Fsp3) is 0.462. The summed E-state index contributed by atoms with van der Waals surface area (Å²) in [7, 11) is 0. The van der Waals surface area contributed by atoms with Gasteiger partial charge in [0.25, 0.3) is 0 Å². The van der Waals surface area contributed by atoms with Crippen molar-refractivity contribution in [3.63, 3.8) is 0 Å². The molecule has 0 unspecified atom stereocenters. The molecule has 0 fully saturated rings. The molecule has 2 rings (SSSR count). The van der Waals surface area contributed by atoms with Crippen LogP contribution in [0.25, 0.3) is 0 Å². The minimum Gasteiger partial charge on any atom is -0.506 e. The first kappa shape index (κ1) is 12.7. The van der Waals surface area contributed by atoms with Crippen molar-refractivity contribution in [3.05, 3.63) is 26.8 Å². The molecule has 0 atom stereocenters. The van der Waals surface area contributed by atoms with Crippen LogP contribution in [0.3, 0.4) is 0 Å². The van der Waals surface area contributed by atoms with Crippen molar-refractivity contribution in [2.45, 2.75) is 20.3 Å². The summed E-state index contributed by atoms with van der Waals surface area (Å²) >= 11 is 2.18. The summed E-state index contributed by atoms with van der Waals surface area (Å²) in [5, 5.41) is 13.3. The SMILES string of the molecule is CC(C)Cc1cc(I)c(O)c(C2=NCCN2)c1. The number of aliphatic imine (C=N–C) groups is 1. The second-order valence-electron chi connectivity index (χ2n) is 4.73. The number of hydrogen-bond donors (Lipinski definition) is 2. The van der Waals surface area contributed by atoms with Crippen molar-refractivity contribution >= 4 is 28.4 Å². The van der Waals surface area contributed by atoms with Crippen LogP contribution in [0.2, 0.25) is 0 Å². The molecule has 0 saturated heterocycles. The number of aromatic hydroxyl groups is 1. The van der Waals surface area contributed by atoms with Gasteiger partial charge in [0, 0.05) is 6.54 Å². The van der Waals surface area contributed by atoms with Gasteiger partial charge in [0.2, 0.25) is 0 Å². The summed E-state index contributed by atoms with van der Waals surface area (Å²) in [5.74, 6) is 1.78. The first-order chi connectivity index (χ1) is 8.08. The van der Waals surface area contributed by atoms with E-state index in [1.807, 2.05) is 0 Å². The van der Waals surface area contributed by atoms with Crippen LogP contribution in [-0.2, 0) is 6.42 Å². The molecule has 4 heteroatoms. The van der Waals surface area contributed by atoms with Gasteiger partial charge in [-0.25, -0.2) is 0 Å². The van der Waals surface area contributed by atoms with Crippen molar-refractivity contribution in [1.29, 1.82) is 0 Å². The van der Waals surface area contributed by atoms with Gasteiger partial charge in [0.05, 0.1) is 15.7 Å². The van der Waals surface area contributed by atoms with E-state index in [9.17, 15) is 5.11 Å². The van der Waals surface area contributed by atoms with E-state index in [-0.39, 0.29) is 0 Å². The molecule has 0 aromatic heterocycles. The van der Waals surface area contributed by atoms with E-state index in [1.165, 1.54) is 5.56 Å². The zero-order valence-corrected chi connectivity index (χ0v) is 12.3. The van der Waals surface area contributed by atoms with Crippen LogP contribution in [-0.4, -0.2) is 24.0 Å². The summed E-state index contributed by atoms with van der Waals surface area (Å²) in [6, 6.07) is 4.10. The Hall–Kier alpha value is -0.780. The van der Waals surface area contributed by atoms with Gasteiger partial charge in [-0.3, -0.25) is 4.99 Å². The zero-order chi connectivity index (χ0) is 12.4. The fourth-order valence-corrected chi connectivity index (χ4v) is 2.69. The maximum Gasteiger partial charge on any atom is 0.139 e. The molecule has 1 aromatic carbocycles. The van der Waals surface area contributed by atoms with Gasteiger partial charge in [-0.1, -0.05) is 13.8 Å². The Bertz CT molecular complexity index is 455. The maximum atomic E-state index is 10.1. The van der Waals surface area contributed by atoms with E-state index in [1.54, 1.807) is 0 Å². The summed E-state index contributed by atoms with van der Waals surface area (Å²) in [6.07, 6.45) is 1.02. The molecular formula is C13H17IN2O. The second-order valence-corrected chi connectivity index (χ2v) is 5.89. The lowest BCUT2D eigenvalue weighted by molar-refractivity contribution is 0.469. The Kier molecular flexibility index (Phi) is 3.91. The molecule has 1 aliphatic heterocycles. The third-order valence-electron chi connectivity index (χ3n) is 2.70. The van der Waals surface area contributed by atoms with Gasteiger partial charge in [-0.2, -0.15) is 0 Å². The average molecular weight is 344 g/mol. The smallest absolute Gasteiger partial charge is 0.139 e. The molecule has 1 heterocycles. The van der Waals surface area contributed by atoms with Crippen LogP contribution in [0.4, 0.5) is 0 Å². The van der Waals surface area contributed by atoms with Crippen LogP contribution in [0, 0.1) is 9.49 Å². The second kappa shape index (κ2) is 5.25. The monoisotopic (exact) mass is 344 g/mol. The van der Waals surface area contributed by atoms with Gasteiger partial charge >= 0.3 is 0 Å². The molecule has 0 aliphatic carbocycles. The molecule has 0 radical (unpaired) electrons. The summed E-state index contributed by atoms with van der Waals surface area (Å²) < 4.78 is 0.896. The predicted octanol–water partition coefficient (Wildman–Crippen LogP) is 2.55. The molecule has 2 N–H and O–H groups in total. The molecule has 1 aromatic rings. The first-order valence-corrected chi connectivity index (χ1v) is 6.96. The lowest BCUT2D eigenvalue weighted by atomic mass is 10.00. The molecule has 92 valence electrons. The Labute approximate surface area is 115 Å². The number of hydrogen-bond acceptors (Lipinski definition) is 3. The van der Waals surface area contributed by atoms with E-state index in [4.69, 9.17) is 0 Å². The van der Waals surface area contributed by atoms with Crippen molar-refractivity contribution in [2.24, 2.45) is 10.9 Å². The average Bonchev–Trinajstić information content (AvgIpc) is 2.75. The minimum absolute atomic E-state index is 0.339. The molecule has 0 bridgehead atoms. The van der Waals surface area contributed by atoms with E-state index in [0.717, 1.165) is 34.5 Å². The third-order valence-corrected chi connectivity index (χ3v) is 3.52. The Morgan fingerprint density at radius 3 is 2.82 bits per heavy atom. The van der Waals surface area contributed by atoms with Gasteiger partial charge in [-0.15, -0.1) is 0 Å². The van der Waals surface area contributed by atoms with Gasteiger partial charge in [0.15, 0.2) is 0 Å². The predicted molar refractivity (Wildman–Crippen MR) is 78.8 cm³/mol. The van der Waals surface area contributed by atoms with Crippen molar-refractivity contribution < 1.29 is 5.11 Å². The highest BCUT2D eigenvalue weighted by Crippen LogP contribution is 2.28. The molecule has 1 aliphatic rings. The summed E-state index contributed by atoms with van der Waals surface area (Å²) in [4.78, 5) is 4.37. The lowest BCUT2D eigenvalue weighted by Gasteiger charge is -2.12. The van der Waals surface area contributed by atoms with Crippen LogP contribution in [0.15, 0.2) is 17.1 Å². The molecule has 0 amide bonds. The number of phenols is 1. The standard InChI is InChI=1S/C13H17IN2O/c1-8(2)5-9-6-10(12(17)11(14)7-9)13-15-3-4-16-13/h6-8,17H,3-5H2,1-2H3,(H,15,16). The maximum absolute atomic E-state index is 10.1. The topological polar surface area (TPSA) is 44.6 Å². The Morgan fingerprint density at radius 2 is 2.24 bits per heavy atom. The Balaban J connectivity index is 2.39. The minimum atomic E-state index is 0.339. The number of amidine groups is 1. The van der Waals surface area contributed by atoms with Crippen molar-refractivity contribution in [3.8, 4) is 5.75 Å². The van der Waals surface area contributed by atoms with E-state index in [2.05, 4.69) is 58.9 Å². The molecule has 3 nitrogen and oxygen atoms in total. The van der Waals surface area contributed by atoms with E-state index >= 15 is 0 Å². The molecule has 0 saturated carbocycles. The summed E-state index contributed by atoms with van der Waals surface area (Å²) in [5.41, 5.74) is 2.10. The highest BCUT2D eigenvalue weighted by atomic mass is 127. The normalized spacial score (nSPS) is 14.9. The quantitative estimate of drug-likeness (QED) is 0.828. The highest BCUT2D eigenvalue weighted by molar-refractivity contribution is 14.1. The van der Waals surface area contributed by atoms with Gasteiger partial charge in [-0.05, 0) is 52.6 Å². The number of nitrogens with one attached hydrogen (secondary N) is 1. The zero-order valence-electron chi connectivity index (χ0n) is 10.1. The first-order valence-electron chi connectivity index (χ1n) is 5.88. The molecule has 17 heavy (non-hydrogen) atoms. The van der Waals surface area contributed by atoms with Crippen molar-refractivity contribution in [2.75, 3.05) is 13.1 Å². The fourth-order valence-electron chi connectivity index (χ4n) is 2.00. The number of rotatable bonds is 3. The molecular weight excluding hydrogens is 327 g/mol. The third kappa shape index (κ3) is 2.91. The van der Waals surface area contributed by atoms with Crippen LogP contribution in [0.1, 0.15) is 25.0 Å². The van der Waals surface area contributed by atoms with Crippen molar-refractivity contribution in [1.82, 2.24) is 5.32 Å². The van der Waals surface area contributed by atoms with Gasteiger partial charge in [0.1, 0.15) is 11.6 Å². The summed E-state index contributed by atoms with van der Waals surface area (Å²) in [6.45, 7) is 6.05. The number of phenolic OH excluding ortho intramolecular Hbond substituents is 1. The van der Waals surface area contributed by atoms with Gasteiger partial charge < -0.3 is 10.4 Å². The Morgan fingerprint density at radius 1 is 1.47 bits per heavy atom. The largest absolute Gasteiger partial charge is 0.506 e. The number of halogens is 1. The van der Waals surface area contributed by atoms with Crippen LogP contribution < -0.4 is 5.32 Å². The van der Waals surface area contributed by atoms with E-state index in [0.29, 0.717) is 11.7 Å².